The molecule has 0 bridgehead atoms. The number of rotatable bonds is 3. The molecule has 20 heavy (non-hydrogen) atoms. The van der Waals surface area contributed by atoms with Gasteiger partial charge in [-0.05, 0) is 18.6 Å². The first-order chi connectivity index (χ1) is 9.38. The molecule has 1 aromatic carbocycles. The highest BCUT2D eigenvalue weighted by Crippen LogP contribution is 2.23. The number of non-ortho nitro benzene ring substituents is 1. The normalized spacial score (nSPS) is 14.6. The molecule has 1 aromatic rings. The molecule has 0 aliphatic carbocycles. The van der Waals surface area contributed by atoms with Crippen LogP contribution in [0.15, 0.2) is 18.2 Å². The van der Waals surface area contributed by atoms with Crippen LogP contribution < -0.4 is 5.32 Å². The molecule has 0 spiro atoms. The van der Waals surface area contributed by atoms with Crippen molar-refractivity contribution >= 4 is 23.4 Å². The molecule has 1 fully saturated rings. The summed E-state index contributed by atoms with van der Waals surface area (Å²) in [6, 6.07) is 3.73. The molecule has 0 atom stereocenters. The lowest BCUT2D eigenvalue weighted by Gasteiger charge is -2.36. The highest BCUT2D eigenvalue weighted by Gasteiger charge is 2.35. The second-order valence-electron chi connectivity index (χ2n) is 4.63. The van der Waals surface area contributed by atoms with Crippen molar-refractivity contribution in [3.8, 4) is 0 Å². The zero-order valence-corrected chi connectivity index (χ0v) is 10.7. The summed E-state index contributed by atoms with van der Waals surface area (Å²) in [5, 5.41) is 21.9. The quantitative estimate of drug-likeness (QED) is 0.642. The van der Waals surface area contributed by atoms with Crippen molar-refractivity contribution in [2.75, 3.05) is 18.4 Å². The number of nitro benzene ring substituents is 1. The molecule has 8 heteroatoms. The van der Waals surface area contributed by atoms with Gasteiger partial charge in [0.2, 0.25) is 0 Å². The lowest BCUT2D eigenvalue weighted by Crippen LogP contribution is -2.54. The van der Waals surface area contributed by atoms with Crippen molar-refractivity contribution < 1.29 is 19.6 Å². The number of urea groups is 1. The second kappa shape index (κ2) is 5.16. The average Bonchev–Trinajstić information content (AvgIpc) is 2.28. The minimum Gasteiger partial charge on any atom is -0.481 e. The number of carboxylic acids is 1. The van der Waals surface area contributed by atoms with Gasteiger partial charge in [-0.25, -0.2) is 4.79 Å². The third kappa shape index (κ3) is 2.68. The summed E-state index contributed by atoms with van der Waals surface area (Å²) in [5.41, 5.74) is 0.998. The van der Waals surface area contributed by atoms with E-state index in [1.54, 1.807) is 6.92 Å². The standard InChI is InChI=1S/C12H13N3O5/c1-7-4-9(15(19)20)2-3-10(7)13-12(18)14-5-8(6-14)11(16)17/h2-4,8H,5-6H2,1H3,(H,13,18)(H,16,17). The van der Waals surface area contributed by atoms with E-state index in [4.69, 9.17) is 5.11 Å². The molecule has 0 saturated carbocycles. The number of anilines is 1. The summed E-state index contributed by atoms with van der Waals surface area (Å²) >= 11 is 0. The van der Waals surface area contributed by atoms with E-state index in [1.807, 2.05) is 0 Å². The van der Waals surface area contributed by atoms with Crippen LogP contribution in [0, 0.1) is 23.0 Å². The van der Waals surface area contributed by atoms with E-state index in [-0.39, 0.29) is 18.8 Å². The number of nitrogens with one attached hydrogen (secondary N) is 1. The first-order valence-corrected chi connectivity index (χ1v) is 5.92. The van der Waals surface area contributed by atoms with Gasteiger partial charge in [0.05, 0.1) is 10.8 Å². The number of hydrogen-bond acceptors (Lipinski definition) is 4. The van der Waals surface area contributed by atoms with Gasteiger partial charge in [0.25, 0.3) is 5.69 Å². The Hall–Kier alpha value is -2.64. The summed E-state index contributed by atoms with van der Waals surface area (Å²) < 4.78 is 0. The number of amides is 2. The Balaban J connectivity index is 1.99. The van der Waals surface area contributed by atoms with Crippen LogP contribution in [0.5, 0.6) is 0 Å². The molecular formula is C12H13N3O5. The largest absolute Gasteiger partial charge is 0.481 e. The Morgan fingerprint density at radius 2 is 2.10 bits per heavy atom. The second-order valence-corrected chi connectivity index (χ2v) is 4.63. The molecule has 1 saturated heterocycles. The number of nitro groups is 1. The Labute approximate surface area is 114 Å². The molecule has 2 rings (SSSR count). The van der Waals surface area contributed by atoms with Crippen molar-refractivity contribution in [2.24, 2.45) is 5.92 Å². The van der Waals surface area contributed by atoms with Crippen LogP contribution in [0.2, 0.25) is 0 Å². The summed E-state index contributed by atoms with van der Waals surface area (Å²) in [4.78, 5) is 33.9. The van der Waals surface area contributed by atoms with Crippen molar-refractivity contribution in [2.45, 2.75) is 6.92 Å². The van der Waals surface area contributed by atoms with E-state index in [9.17, 15) is 19.7 Å². The number of aliphatic carboxylic acids is 1. The van der Waals surface area contributed by atoms with Crippen molar-refractivity contribution in [3.63, 3.8) is 0 Å². The number of hydrogen-bond donors (Lipinski definition) is 2. The first-order valence-electron chi connectivity index (χ1n) is 5.92. The molecule has 8 nitrogen and oxygen atoms in total. The van der Waals surface area contributed by atoms with Crippen LogP contribution in [0.25, 0.3) is 0 Å². The molecule has 1 heterocycles. The maximum absolute atomic E-state index is 11.8. The molecule has 0 radical (unpaired) electrons. The van der Waals surface area contributed by atoms with Crippen LogP contribution in [-0.4, -0.2) is 40.0 Å². The Bertz CT molecular complexity index is 580. The third-order valence-corrected chi connectivity index (χ3v) is 3.18. The van der Waals surface area contributed by atoms with Crippen molar-refractivity contribution in [1.29, 1.82) is 0 Å². The predicted molar refractivity (Wildman–Crippen MR) is 69.6 cm³/mol. The number of likely N-dealkylation sites (tertiary alicyclic amines) is 1. The van der Waals surface area contributed by atoms with E-state index in [0.29, 0.717) is 11.3 Å². The fourth-order valence-corrected chi connectivity index (χ4v) is 1.90. The van der Waals surface area contributed by atoms with Gasteiger partial charge in [-0.2, -0.15) is 0 Å². The van der Waals surface area contributed by atoms with E-state index in [0.717, 1.165) is 0 Å². The molecule has 106 valence electrons. The summed E-state index contributed by atoms with van der Waals surface area (Å²) in [7, 11) is 0. The van der Waals surface area contributed by atoms with Crippen LogP contribution in [-0.2, 0) is 4.79 Å². The van der Waals surface area contributed by atoms with E-state index < -0.39 is 22.8 Å². The van der Waals surface area contributed by atoms with Crippen LogP contribution in [0.3, 0.4) is 0 Å². The Morgan fingerprint density at radius 3 is 2.60 bits per heavy atom. The number of nitrogens with zero attached hydrogens (tertiary/aromatic N) is 2. The van der Waals surface area contributed by atoms with Crippen molar-refractivity contribution in [3.05, 3.63) is 33.9 Å². The molecular weight excluding hydrogens is 266 g/mol. The number of carboxylic acid groups (broad SMARTS) is 1. The molecule has 0 unspecified atom stereocenters. The molecule has 2 amide bonds. The minimum absolute atomic E-state index is 0.0459. The average molecular weight is 279 g/mol. The topological polar surface area (TPSA) is 113 Å². The predicted octanol–water partition coefficient (Wildman–Crippen LogP) is 1.45. The maximum atomic E-state index is 11.8. The number of carbonyl (C=O) groups excluding carboxylic acids is 1. The molecule has 1 aliphatic rings. The lowest BCUT2D eigenvalue weighted by atomic mass is 10.0. The van der Waals surface area contributed by atoms with Gasteiger partial charge < -0.3 is 15.3 Å². The molecule has 0 aromatic heterocycles. The van der Waals surface area contributed by atoms with Gasteiger partial charge >= 0.3 is 12.0 Å². The lowest BCUT2D eigenvalue weighted by molar-refractivity contribution is -0.384. The number of aryl methyl sites for hydroxylation is 1. The van der Waals surface area contributed by atoms with Gasteiger partial charge in [-0.3, -0.25) is 14.9 Å². The van der Waals surface area contributed by atoms with E-state index in [1.165, 1.54) is 23.1 Å². The van der Waals surface area contributed by atoms with Gasteiger partial charge in [-0.15, -0.1) is 0 Å². The third-order valence-electron chi connectivity index (χ3n) is 3.18. The molecule has 2 N–H and O–H groups in total. The van der Waals surface area contributed by atoms with E-state index in [2.05, 4.69) is 5.32 Å². The van der Waals surface area contributed by atoms with Gasteiger partial charge in [0.15, 0.2) is 0 Å². The zero-order valence-electron chi connectivity index (χ0n) is 10.7. The van der Waals surface area contributed by atoms with Gasteiger partial charge in [0, 0.05) is 30.9 Å². The summed E-state index contributed by atoms with van der Waals surface area (Å²) in [6.45, 7) is 2.00. The van der Waals surface area contributed by atoms with Crippen LogP contribution in [0.1, 0.15) is 5.56 Å². The smallest absolute Gasteiger partial charge is 0.321 e. The minimum atomic E-state index is -0.916. The van der Waals surface area contributed by atoms with Gasteiger partial charge in [-0.1, -0.05) is 0 Å². The van der Waals surface area contributed by atoms with Crippen LogP contribution >= 0.6 is 0 Å². The van der Waals surface area contributed by atoms with Gasteiger partial charge in [0.1, 0.15) is 0 Å². The maximum Gasteiger partial charge on any atom is 0.321 e. The fraction of sp³-hybridized carbons (Fsp3) is 0.333. The summed E-state index contributed by atoms with van der Waals surface area (Å²) in [6.07, 6.45) is 0. The van der Waals surface area contributed by atoms with Crippen molar-refractivity contribution in [1.82, 2.24) is 4.90 Å². The highest BCUT2D eigenvalue weighted by atomic mass is 16.6. The fourth-order valence-electron chi connectivity index (χ4n) is 1.90. The zero-order chi connectivity index (χ0) is 14.9. The summed E-state index contributed by atoms with van der Waals surface area (Å²) in [5.74, 6) is -1.43. The Kier molecular flexibility index (Phi) is 3.55. The first kappa shape index (κ1) is 13.8. The Morgan fingerprint density at radius 1 is 1.45 bits per heavy atom. The van der Waals surface area contributed by atoms with E-state index >= 15 is 0 Å². The highest BCUT2D eigenvalue weighted by molar-refractivity contribution is 5.92. The molecule has 1 aliphatic heterocycles. The SMILES string of the molecule is Cc1cc([N+](=O)[O-])ccc1NC(=O)N1CC(C(=O)O)C1. The van der Waals surface area contributed by atoms with Crippen LogP contribution in [0.4, 0.5) is 16.2 Å². The number of carbonyl (C=O) groups is 2. The monoisotopic (exact) mass is 279 g/mol. The number of benzene rings is 1.